The van der Waals surface area contributed by atoms with Crippen LogP contribution in [0.1, 0.15) is 42.2 Å². The predicted octanol–water partition coefficient (Wildman–Crippen LogP) is 1.33. The number of nitrogens with one attached hydrogen (secondary N) is 1. The molecule has 0 spiro atoms. The molecule has 2 aliphatic rings. The van der Waals surface area contributed by atoms with Crippen LogP contribution in [0, 0.1) is 12.8 Å². The summed E-state index contributed by atoms with van der Waals surface area (Å²) in [6.45, 7) is 4.78. The summed E-state index contributed by atoms with van der Waals surface area (Å²) in [5, 5.41) is 4.05. The van der Waals surface area contributed by atoms with Gasteiger partial charge in [0.25, 0.3) is 5.56 Å². The van der Waals surface area contributed by atoms with Crippen LogP contribution in [0.5, 0.6) is 0 Å². The van der Waals surface area contributed by atoms with Crippen molar-refractivity contribution in [2.45, 2.75) is 51.7 Å². The Morgan fingerprint density at radius 1 is 1.25 bits per heavy atom. The Labute approximate surface area is 144 Å². The number of aromatic nitrogens is 2. The molecule has 0 aromatic carbocycles. The number of hydrogen-bond acceptors (Lipinski definition) is 5. The van der Waals surface area contributed by atoms with Gasteiger partial charge in [0, 0.05) is 37.1 Å². The summed E-state index contributed by atoms with van der Waals surface area (Å²) in [6.07, 6.45) is 4.26. The van der Waals surface area contributed by atoms with E-state index in [0.29, 0.717) is 19.0 Å². The lowest BCUT2D eigenvalue weighted by atomic mass is 10.2. The summed E-state index contributed by atoms with van der Waals surface area (Å²) >= 11 is 1.59. The molecule has 2 saturated carbocycles. The van der Waals surface area contributed by atoms with Crippen LogP contribution in [0.25, 0.3) is 10.2 Å². The molecule has 0 saturated heterocycles. The van der Waals surface area contributed by atoms with E-state index in [0.717, 1.165) is 46.6 Å². The molecule has 3 N–H and O–H groups in total. The van der Waals surface area contributed by atoms with Gasteiger partial charge in [-0.1, -0.05) is 0 Å². The molecule has 0 unspecified atom stereocenters. The van der Waals surface area contributed by atoms with Crippen molar-refractivity contribution >= 4 is 21.6 Å². The van der Waals surface area contributed by atoms with Crippen molar-refractivity contribution in [1.82, 2.24) is 14.5 Å². The Kier molecular flexibility index (Phi) is 4.10. The van der Waals surface area contributed by atoms with Gasteiger partial charge in [0.15, 0.2) is 0 Å². The third-order valence-electron chi connectivity index (χ3n) is 5.00. The number of nitrogens with zero attached hydrogens (tertiary/aromatic N) is 2. The third kappa shape index (κ3) is 2.74. The quantitative estimate of drug-likeness (QED) is 0.740. The Bertz CT molecular complexity index is 887. The first-order valence-corrected chi connectivity index (χ1v) is 9.61. The summed E-state index contributed by atoms with van der Waals surface area (Å²) in [5.74, 6) is 0.595. The zero-order valence-electron chi connectivity index (χ0n) is 14.0. The molecule has 7 heteroatoms. The van der Waals surface area contributed by atoms with Crippen LogP contribution in [0.3, 0.4) is 0 Å². The minimum atomic E-state index is -0.107. The van der Waals surface area contributed by atoms with Crippen LogP contribution in [-0.4, -0.2) is 22.2 Å². The molecule has 0 amide bonds. The fourth-order valence-electron chi connectivity index (χ4n) is 3.26. The molecule has 0 bridgehead atoms. The summed E-state index contributed by atoms with van der Waals surface area (Å²) < 4.78 is 3.39. The van der Waals surface area contributed by atoms with E-state index < -0.39 is 0 Å². The van der Waals surface area contributed by atoms with Gasteiger partial charge in [-0.3, -0.25) is 13.9 Å². The second-order valence-corrected chi connectivity index (χ2v) is 8.12. The molecule has 2 aromatic heterocycles. The number of nitrogens with two attached hydrogens (primary N) is 1. The van der Waals surface area contributed by atoms with Gasteiger partial charge in [-0.2, -0.15) is 0 Å². The lowest BCUT2D eigenvalue weighted by Crippen LogP contribution is -2.39. The SMILES string of the molecule is Cc1c(CNCCN)sc2c1c(=O)n(C1CC1)c(=O)n2CC1CC1. The molecule has 0 atom stereocenters. The van der Waals surface area contributed by atoms with Crippen LogP contribution < -0.4 is 22.3 Å². The average molecular weight is 348 g/mol. The highest BCUT2D eigenvalue weighted by atomic mass is 32.1. The van der Waals surface area contributed by atoms with Crippen molar-refractivity contribution in [2.24, 2.45) is 11.7 Å². The molecule has 0 radical (unpaired) electrons. The van der Waals surface area contributed by atoms with Crippen LogP contribution in [0.4, 0.5) is 0 Å². The topological polar surface area (TPSA) is 82.1 Å². The molecular weight excluding hydrogens is 324 g/mol. The van der Waals surface area contributed by atoms with Gasteiger partial charge in [-0.05, 0) is 44.1 Å². The summed E-state index contributed by atoms with van der Waals surface area (Å²) in [5.41, 5.74) is 6.35. The molecule has 0 aliphatic heterocycles. The molecule has 2 fully saturated rings. The predicted molar refractivity (Wildman–Crippen MR) is 96.8 cm³/mol. The maximum absolute atomic E-state index is 13.0. The normalized spacial score (nSPS) is 17.8. The van der Waals surface area contributed by atoms with Crippen molar-refractivity contribution in [2.75, 3.05) is 13.1 Å². The van der Waals surface area contributed by atoms with E-state index in [9.17, 15) is 9.59 Å². The molecule has 4 rings (SSSR count). The molecular formula is C17H24N4O2S. The fourth-order valence-corrected chi connectivity index (χ4v) is 4.53. The fraction of sp³-hybridized carbons (Fsp3) is 0.647. The highest BCUT2D eigenvalue weighted by Gasteiger charge is 2.32. The Hall–Kier alpha value is -1.44. The molecule has 24 heavy (non-hydrogen) atoms. The van der Waals surface area contributed by atoms with E-state index >= 15 is 0 Å². The number of aryl methyl sites for hydroxylation is 1. The number of rotatable bonds is 7. The van der Waals surface area contributed by atoms with Gasteiger partial charge >= 0.3 is 5.69 Å². The second-order valence-electron chi connectivity index (χ2n) is 7.04. The van der Waals surface area contributed by atoms with E-state index in [1.165, 1.54) is 17.4 Å². The zero-order chi connectivity index (χ0) is 16.8. The lowest BCUT2D eigenvalue weighted by Gasteiger charge is -2.11. The maximum Gasteiger partial charge on any atom is 0.332 e. The van der Waals surface area contributed by atoms with Crippen molar-refractivity contribution in [1.29, 1.82) is 0 Å². The third-order valence-corrected chi connectivity index (χ3v) is 6.31. The smallest absolute Gasteiger partial charge is 0.329 e. The van der Waals surface area contributed by atoms with Crippen molar-refractivity contribution < 1.29 is 0 Å². The van der Waals surface area contributed by atoms with Crippen molar-refractivity contribution in [3.8, 4) is 0 Å². The monoisotopic (exact) mass is 348 g/mol. The Balaban J connectivity index is 1.88. The van der Waals surface area contributed by atoms with E-state index in [1.807, 2.05) is 11.5 Å². The van der Waals surface area contributed by atoms with Gasteiger partial charge in [0.1, 0.15) is 4.83 Å². The maximum atomic E-state index is 13.0. The molecule has 130 valence electrons. The van der Waals surface area contributed by atoms with Crippen molar-refractivity contribution in [3.05, 3.63) is 31.3 Å². The number of fused-ring (bicyclic) bond motifs is 1. The molecule has 2 heterocycles. The van der Waals surface area contributed by atoms with E-state index in [-0.39, 0.29) is 17.3 Å². The lowest BCUT2D eigenvalue weighted by molar-refractivity contribution is 0.555. The number of thiophene rings is 1. The highest BCUT2D eigenvalue weighted by molar-refractivity contribution is 7.18. The van der Waals surface area contributed by atoms with Crippen LogP contribution in [0.2, 0.25) is 0 Å². The van der Waals surface area contributed by atoms with Gasteiger partial charge in [0.2, 0.25) is 0 Å². The van der Waals surface area contributed by atoms with Gasteiger partial charge in [-0.15, -0.1) is 11.3 Å². The minimum absolute atomic E-state index is 0.0941. The van der Waals surface area contributed by atoms with E-state index in [1.54, 1.807) is 11.3 Å². The minimum Gasteiger partial charge on any atom is -0.329 e. The Morgan fingerprint density at radius 2 is 2.00 bits per heavy atom. The van der Waals surface area contributed by atoms with E-state index in [4.69, 9.17) is 5.73 Å². The molecule has 6 nitrogen and oxygen atoms in total. The summed E-state index contributed by atoms with van der Waals surface area (Å²) in [4.78, 5) is 27.9. The van der Waals surface area contributed by atoms with Crippen LogP contribution in [0.15, 0.2) is 9.59 Å². The van der Waals surface area contributed by atoms with Gasteiger partial charge < -0.3 is 11.1 Å². The average Bonchev–Trinajstić information content (AvgIpc) is 3.45. The molecule has 2 aliphatic carbocycles. The van der Waals surface area contributed by atoms with E-state index in [2.05, 4.69) is 5.32 Å². The summed E-state index contributed by atoms with van der Waals surface area (Å²) in [7, 11) is 0. The first-order chi connectivity index (χ1) is 11.6. The van der Waals surface area contributed by atoms with Gasteiger partial charge in [0.05, 0.1) is 5.39 Å². The van der Waals surface area contributed by atoms with Crippen LogP contribution >= 0.6 is 11.3 Å². The first-order valence-electron chi connectivity index (χ1n) is 8.80. The zero-order valence-corrected chi connectivity index (χ0v) is 14.8. The number of hydrogen-bond donors (Lipinski definition) is 2. The highest BCUT2D eigenvalue weighted by Crippen LogP contribution is 2.36. The first kappa shape index (κ1) is 16.1. The standard InChI is InChI=1S/C17H24N4O2S/c1-10-13(8-19-7-6-18)24-16-14(10)15(22)21(12-4-5-12)17(23)20(16)9-11-2-3-11/h11-12,19H,2-9,18H2,1H3. The van der Waals surface area contributed by atoms with Crippen LogP contribution in [-0.2, 0) is 13.1 Å². The molecule has 2 aromatic rings. The van der Waals surface area contributed by atoms with Gasteiger partial charge in [-0.25, -0.2) is 4.79 Å². The Morgan fingerprint density at radius 3 is 2.62 bits per heavy atom. The summed E-state index contributed by atoms with van der Waals surface area (Å²) in [6, 6.07) is 0.109. The second kappa shape index (κ2) is 6.13. The largest absolute Gasteiger partial charge is 0.332 e. The van der Waals surface area contributed by atoms with Crippen molar-refractivity contribution in [3.63, 3.8) is 0 Å².